The molecule has 3 fully saturated rings. The van der Waals surface area contributed by atoms with Gasteiger partial charge in [-0.1, -0.05) is 66.7 Å². The molecule has 3 aliphatic rings. The Balaban J connectivity index is 1.73. The van der Waals surface area contributed by atoms with E-state index < -0.39 is 29.6 Å². The van der Waals surface area contributed by atoms with E-state index in [2.05, 4.69) is 31.9 Å². The summed E-state index contributed by atoms with van der Waals surface area (Å²) in [6, 6.07) is 2.72. The number of fused-ring (bicyclic) bond motifs is 5. The molecule has 132 valence electrons. The Bertz CT molecular complexity index is 778. The number of rotatable bonds is 1. The predicted molar refractivity (Wildman–Crippen MR) is 102 cm³/mol. The van der Waals surface area contributed by atoms with E-state index in [4.69, 9.17) is 34.8 Å². The van der Waals surface area contributed by atoms with Crippen molar-refractivity contribution in [1.82, 2.24) is 4.90 Å². The second-order valence-electron chi connectivity index (χ2n) is 6.57. The first kappa shape index (κ1) is 18.2. The molecule has 9 heteroatoms. The van der Waals surface area contributed by atoms with Crippen LogP contribution in [0.4, 0.5) is 0 Å². The highest BCUT2D eigenvalue weighted by atomic mass is 79.9. The molecular weight excluding hydrogens is 520 g/mol. The van der Waals surface area contributed by atoms with Crippen molar-refractivity contribution in [1.29, 1.82) is 0 Å². The number of amides is 3. The van der Waals surface area contributed by atoms with Crippen LogP contribution >= 0.6 is 66.7 Å². The zero-order chi connectivity index (χ0) is 18.2. The fourth-order valence-electron chi connectivity index (χ4n) is 4.41. The minimum atomic E-state index is -0.785. The third kappa shape index (κ3) is 2.48. The first-order valence-electron chi connectivity index (χ1n) is 7.59. The first-order chi connectivity index (χ1) is 11.7. The average molecular weight is 530 g/mol. The predicted octanol–water partition coefficient (Wildman–Crippen LogP) is 4.56. The van der Waals surface area contributed by atoms with Crippen molar-refractivity contribution < 1.29 is 14.4 Å². The molecule has 1 heterocycles. The molecule has 0 spiro atoms. The summed E-state index contributed by atoms with van der Waals surface area (Å²) in [5, 5.41) is 0.296. The summed E-state index contributed by atoms with van der Waals surface area (Å²) < 4.78 is 0. The molecule has 4 rings (SSSR count). The highest BCUT2D eigenvalue weighted by molar-refractivity contribution is 9.12. The van der Waals surface area contributed by atoms with Gasteiger partial charge in [0.05, 0.1) is 27.4 Å². The molecule has 4 nitrogen and oxygen atoms in total. The lowest BCUT2D eigenvalue weighted by Gasteiger charge is -2.28. The van der Waals surface area contributed by atoms with Gasteiger partial charge in [0, 0.05) is 14.7 Å². The van der Waals surface area contributed by atoms with E-state index in [0.717, 1.165) is 11.3 Å². The van der Waals surface area contributed by atoms with Gasteiger partial charge >= 0.3 is 0 Å². The maximum absolute atomic E-state index is 12.9. The smallest absolute Gasteiger partial charge is 0.270 e. The summed E-state index contributed by atoms with van der Waals surface area (Å²) in [5.74, 6) is -2.58. The second kappa shape index (κ2) is 6.20. The van der Waals surface area contributed by atoms with Crippen LogP contribution in [0.25, 0.3) is 0 Å². The van der Waals surface area contributed by atoms with Crippen LogP contribution in [-0.4, -0.2) is 32.3 Å². The molecule has 1 aliphatic heterocycles. The van der Waals surface area contributed by atoms with Crippen molar-refractivity contribution in [3.05, 3.63) is 32.8 Å². The van der Waals surface area contributed by atoms with Crippen LogP contribution < -0.4 is 0 Å². The van der Waals surface area contributed by atoms with Crippen molar-refractivity contribution in [3.63, 3.8) is 0 Å². The minimum absolute atomic E-state index is 0.0138. The van der Waals surface area contributed by atoms with Gasteiger partial charge < -0.3 is 0 Å². The summed E-state index contributed by atoms with van der Waals surface area (Å²) in [7, 11) is 0. The second-order valence-corrected chi connectivity index (χ2v) is 9.93. The lowest BCUT2D eigenvalue weighted by molar-refractivity contribution is -0.137. The van der Waals surface area contributed by atoms with Crippen LogP contribution in [0.15, 0.2) is 12.1 Å². The molecule has 6 unspecified atom stereocenters. The number of carbonyl (C=O) groups excluding carboxylic acids is 3. The summed E-state index contributed by atoms with van der Waals surface area (Å²) in [5.41, 5.74) is -0.0764. The van der Waals surface area contributed by atoms with E-state index in [-0.39, 0.29) is 42.1 Å². The number of carbonyl (C=O) groups is 3. The molecular formula is C16H10Br2Cl3NO3. The van der Waals surface area contributed by atoms with E-state index in [9.17, 15) is 14.4 Å². The SMILES string of the molecule is O=C(c1c(Cl)cc(Cl)cc1Cl)N1C(=O)C2C3CC(C(Br)C3Br)C2C1=O. The van der Waals surface area contributed by atoms with E-state index in [1.165, 1.54) is 12.1 Å². The highest BCUT2D eigenvalue weighted by Gasteiger charge is 2.67. The molecule has 0 radical (unpaired) electrons. The zero-order valence-corrected chi connectivity index (χ0v) is 17.8. The first-order valence-corrected chi connectivity index (χ1v) is 10.6. The molecule has 25 heavy (non-hydrogen) atoms. The molecule has 2 bridgehead atoms. The number of imide groups is 3. The number of nitrogens with zero attached hydrogens (tertiary/aromatic N) is 1. The maximum atomic E-state index is 12.9. The van der Waals surface area contributed by atoms with Crippen molar-refractivity contribution in [2.45, 2.75) is 16.1 Å². The fraction of sp³-hybridized carbons (Fsp3) is 0.438. The van der Waals surface area contributed by atoms with Gasteiger partial charge in [0.25, 0.3) is 5.91 Å². The molecule has 1 saturated heterocycles. The summed E-state index contributed by atoms with van der Waals surface area (Å²) in [4.78, 5) is 39.6. The summed E-state index contributed by atoms with van der Waals surface area (Å²) >= 11 is 25.2. The van der Waals surface area contributed by atoms with Crippen LogP contribution in [0.1, 0.15) is 16.8 Å². The van der Waals surface area contributed by atoms with Crippen LogP contribution in [0.3, 0.4) is 0 Å². The number of alkyl halides is 2. The normalized spacial score (nSPS) is 36.3. The maximum Gasteiger partial charge on any atom is 0.270 e. The van der Waals surface area contributed by atoms with Crippen molar-refractivity contribution >= 4 is 84.4 Å². The Labute approximate surface area is 175 Å². The van der Waals surface area contributed by atoms with E-state index in [1.807, 2.05) is 0 Å². The summed E-state index contributed by atoms with van der Waals surface area (Å²) in [6.45, 7) is 0. The van der Waals surface area contributed by atoms with Crippen LogP contribution in [-0.2, 0) is 9.59 Å². The van der Waals surface area contributed by atoms with Gasteiger partial charge in [-0.2, -0.15) is 0 Å². The van der Waals surface area contributed by atoms with Crippen LogP contribution in [0.2, 0.25) is 15.1 Å². The van der Waals surface area contributed by atoms with E-state index in [1.54, 1.807) is 0 Å². The van der Waals surface area contributed by atoms with Gasteiger partial charge in [-0.25, -0.2) is 4.90 Å². The Kier molecular flexibility index (Phi) is 4.52. The number of hydrogen-bond donors (Lipinski definition) is 0. The minimum Gasteiger partial charge on any atom is -0.274 e. The third-order valence-corrected chi connectivity index (χ3v) is 9.43. The van der Waals surface area contributed by atoms with Gasteiger partial charge in [0.15, 0.2) is 0 Å². The van der Waals surface area contributed by atoms with Gasteiger partial charge in [-0.05, 0) is 30.4 Å². The molecule has 2 saturated carbocycles. The highest BCUT2D eigenvalue weighted by Crippen LogP contribution is 2.60. The monoisotopic (exact) mass is 527 g/mol. The zero-order valence-electron chi connectivity index (χ0n) is 12.4. The van der Waals surface area contributed by atoms with E-state index in [0.29, 0.717) is 0 Å². The fourth-order valence-corrected chi connectivity index (χ4v) is 7.26. The number of hydrogen-bond acceptors (Lipinski definition) is 3. The topological polar surface area (TPSA) is 54.5 Å². The number of benzene rings is 1. The van der Waals surface area contributed by atoms with Gasteiger partial charge in [-0.3, -0.25) is 14.4 Å². The third-order valence-electron chi connectivity index (χ3n) is 5.41. The van der Waals surface area contributed by atoms with Crippen LogP contribution in [0, 0.1) is 23.7 Å². The lowest BCUT2D eigenvalue weighted by Crippen LogP contribution is -2.39. The number of likely N-dealkylation sites (tertiary alicyclic amines) is 1. The molecule has 1 aromatic rings. The van der Waals surface area contributed by atoms with Gasteiger partial charge in [0.2, 0.25) is 11.8 Å². The Morgan fingerprint density at radius 3 is 1.84 bits per heavy atom. The summed E-state index contributed by atoms with van der Waals surface area (Å²) in [6.07, 6.45) is 0.795. The van der Waals surface area contributed by atoms with Gasteiger partial charge in [0.1, 0.15) is 0 Å². The molecule has 6 atom stereocenters. The Hall–Kier alpha value is -0.140. The standard InChI is InChI=1S/C16H10Br2Cl3NO3/c17-12-5-3-6(13(12)18)10-9(5)14(23)22(15(10)24)16(25)11-7(20)1-4(19)2-8(11)21/h1-2,5-6,9-10,12-13H,3H2. The van der Waals surface area contributed by atoms with Crippen molar-refractivity contribution in [2.75, 3.05) is 0 Å². The Morgan fingerprint density at radius 2 is 1.40 bits per heavy atom. The molecule has 0 aromatic heterocycles. The van der Waals surface area contributed by atoms with Crippen molar-refractivity contribution in [3.8, 4) is 0 Å². The quantitative estimate of drug-likeness (QED) is 0.395. The Morgan fingerprint density at radius 1 is 0.960 bits per heavy atom. The van der Waals surface area contributed by atoms with Crippen LogP contribution in [0.5, 0.6) is 0 Å². The van der Waals surface area contributed by atoms with Crippen molar-refractivity contribution in [2.24, 2.45) is 23.7 Å². The number of halogens is 5. The molecule has 3 amide bonds. The molecule has 1 aromatic carbocycles. The van der Waals surface area contributed by atoms with E-state index >= 15 is 0 Å². The largest absolute Gasteiger partial charge is 0.274 e. The average Bonchev–Trinajstić information content (AvgIpc) is 3.11. The lowest BCUT2D eigenvalue weighted by atomic mass is 9.81. The molecule has 2 aliphatic carbocycles. The van der Waals surface area contributed by atoms with Gasteiger partial charge in [-0.15, -0.1) is 0 Å². The molecule has 0 N–H and O–H groups in total.